The van der Waals surface area contributed by atoms with Crippen LogP contribution in [-0.2, 0) is 4.79 Å². The Morgan fingerprint density at radius 3 is 2.68 bits per heavy atom. The molecule has 1 aromatic carbocycles. The van der Waals surface area contributed by atoms with Crippen molar-refractivity contribution >= 4 is 23.2 Å². The minimum atomic E-state index is -0.359. The monoisotopic (exact) mass is 363 g/mol. The molecule has 1 unspecified atom stereocenters. The Morgan fingerprint density at radius 2 is 2.08 bits per heavy atom. The van der Waals surface area contributed by atoms with Gasteiger partial charge in [-0.3, -0.25) is 4.79 Å². The highest BCUT2D eigenvalue weighted by molar-refractivity contribution is 7.80. The van der Waals surface area contributed by atoms with Crippen LogP contribution in [0.1, 0.15) is 32.4 Å². The number of carbonyl (C=O) groups is 1. The summed E-state index contributed by atoms with van der Waals surface area (Å²) in [5.74, 6) is 1.55. The van der Waals surface area contributed by atoms with Crippen LogP contribution < -0.4 is 25.4 Å². The van der Waals surface area contributed by atoms with Crippen LogP contribution in [-0.4, -0.2) is 31.8 Å². The quantitative estimate of drug-likeness (QED) is 0.674. The van der Waals surface area contributed by atoms with Gasteiger partial charge in [0, 0.05) is 12.7 Å². The van der Waals surface area contributed by atoms with E-state index in [1.54, 1.807) is 14.2 Å². The maximum atomic E-state index is 12.3. The third-order valence-corrected chi connectivity index (χ3v) is 4.05. The molecule has 6 nitrogen and oxygen atoms in total. The van der Waals surface area contributed by atoms with E-state index in [4.69, 9.17) is 21.7 Å². The van der Waals surface area contributed by atoms with Gasteiger partial charge in [0.25, 0.3) is 5.91 Å². The number of allylic oxidation sites excluding steroid dienone is 1. The molecule has 0 saturated carbocycles. The number of thiocarbonyl (C=S) groups is 1. The van der Waals surface area contributed by atoms with Gasteiger partial charge < -0.3 is 25.4 Å². The second kappa shape index (κ2) is 8.20. The first kappa shape index (κ1) is 19.1. The minimum Gasteiger partial charge on any atom is -0.493 e. The van der Waals surface area contributed by atoms with Crippen LogP contribution in [0.25, 0.3) is 0 Å². The van der Waals surface area contributed by atoms with Gasteiger partial charge in [0.15, 0.2) is 16.6 Å². The molecule has 0 aromatic heterocycles. The molecule has 25 heavy (non-hydrogen) atoms. The Balaban J connectivity index is 2.40. The maximum absolute atomic E-state index is 12.3. The summed E-state index contributed by atoms with van der Waals surface area (Å²) in [6, 6.07) is 5.29. The van der Waals surface area contributed by atoms with E-state index in [2.05, 4.69) is 29.8 Å². The molecular weight excluding hydrogens is 338 g/mol. The molecule has 7 heteroatoms. The summed E-state index contributed by atoms with van der Waals surface area (Å²) < 4.78 is 11.3. The number of ether oxygens (including phenoxy) is 2. The standard InChI is InChI=1S/C18H25N3O3S/c1-10(2)9-24-13-7-6-12(8-14(13)23-5)16-15(17(22)19-4)11(3)20-18(25)21-16/h6-8,10,16H,9H2,1-5H3,(H,19,22)(H2,20,21,25). The molecule has 0 fully saturated rings. The largest absolute Gasteiger partial charge is 0.493 e. The third kappa shape index (κ3) is 4.42. The van der Waals surface area contributed by atoms with E-state index in [1.165, 1.54) is 0 Å². The smallest absolute Gasteiger partial charge is 0.251 e. The summed E-state index contributed by atoms with van der Waals surface area (Å²) in [5.41, 5.74) is 2.19. The minimum absolute atomic E-state index is 0.163. The van der Waals surface area contributed by atoms with E-state index in [1.807, 2.05) is 25.1 Å². The number of carbonyl (C=O) groups excluding carboxylic acids is 1. The van der Waals surface area contributed by atoms with Crippen molar-refractivity contribution in [3.8, 4) is 11.5 Å². The Bertz CT molecular complexity index is 701. The summed E-state index contributed by atoms with van der Waals surface area (Å²) in [6.45, 7) is 6.61. The molecule has 0 spiro atoms. The molecule has 0 bridgehead atoms. The van der Waals surface area contributed by atoms with Crippen molar-refractivity contribution in [2.45, 2.75) is 26.8 Å². The second-order valence-electron chi connectivity index (χ2n) is 6.26. The van der Waals surface area contributed by atoms with Crippen molar-refractivity contribution in [1.82, 2.24) is 16.0 Å². The maximum Gasteiger partial charge on any atom is 0.251 e. The van der Waals surface area contributed by atoms with Gasteiger partial charge in [-0.1, -0.05) is 19.9 Å². The molecule has 1 aromatic rings. The summed E-state index contributed by atoms with van der Waals surface area (Å²) in [6.07, 6.45) is 0. The summed E-state index contributed by atoms with van der Waals surface area (Å²) in [7, 11) is 3.21. The summed E-state index contributed by atoms with van der Waals surface area (Å²) in [4.78, 5) is 12.3. The first-order valence-corrected chi connectivity index (χ1v) is 8.59. The van der Waals surface area contributed by atoms with Crippen LogP contribution in [0.2, 0.25) is 0 Å². The van der Waals surface area contributed by atoms with Crippen LogP contribution in [0.15, 0.2) is 29.5 Å². The zero-order valence-corrected chi connectivity index (χ0v) is 16.0. The molecule has 0 aliphatic carbocycles. The van der Waals surface area contributed by atoms with Crippen molar-refractivity contribution in [1.29, 1.82) is 0 Å². The summed E-state index contributed by atoms with van der Waals surface area (Å²) >= 11 is 5.25. The fourth-order valence-electron chi connectivity index (χ4n) is 2.62. The van der Waals surface area contributed by atoms with E-state index in [0.717, 1.165) is 11.3 Å². The molecule has 2 rings (SSSR count). The van der Waals surface area contributed by atoms with Crippen LogP contribution in [0.4, 0.5) is 0 Å². The lowest BCUT2D eigenvalue weighted by atomic mass is 9.94. The van der Waals surface area contributed by atoms with Crippen molar-refractivity contribution < 1.29 is 14.3 Å². The van der Waals surface area contributed by atoms with Crippen LogP contribution >= 0.6 is 12.2 Å². The number of hydrogen-bond donors (Lipinski definition) is 3. The number of nitrogens with one attached hydrogen (secondary N) is 3. The fraction of sp³-hybridized carbons (Fsp3) is 0.444. The fourth-order valence-corrected chi connectivity index (χ4v) is 2.89. The molecule has 1 aliphatic rings. The number of amides is 1. The predicted molar refractivity (Wildman–Crippen MR) is 102 cm³/mol. The summed E-state index contributed by atoms with van der Waals surface area (Å²) in [5, 5.41) is 9.31. The average Bonchev–Trinajstić information content (AvgIpc) is 2.58. The van der Waals surface area contributed by atoms with Gasteiger partial charge in [-0.05, 0) is 42.8 Å². The van der Waals surface area contributed by atoms with Crippen molar-refractivity contribution in [3.05, 3.63) is 35.0 Å². The number of hydrogen-bond acceptors (Lipinski definition) is 4. The zero-order chi connectivity index (χ0) is 18.6. The molecule has 1 heterocycles. The van der Waals surface area contributed by atoms with Crippen LogP contribution in [0, 0.1) is 5.92 Å². The topological polar surface area (TPSA) is 71.6 Å². The van der Waals surface area contributed by atoms with Gasteiger partial charge >= 0.3 is 0 Å². The van der Waals surface area contributed by atoms with Crippen molar-refractivity contribution in [2.75, 3.05) is 20.8 Å². The van der Waals surface area contributed by atoms with Gasteiger partial charge in [0.1, 0.15) is 0 Å². The third-order valence-electron chi connectivity index (χ3n) is 3.83. The number of likely N-dealkylation sites (N-methyl/N-ethyl adjacent to an activating group) is 1. The van der Waals surface area contributed by atoms with E-state index in [9.17, 15) is 4.79 Å². The first-order chi connectivity index (χ1) is 11.9. The van der Waals surface area contributed by atoms with Gasteiger partial charge in [-0.2, -0.15) is 0 Å². The number of methoxy groups -OCH3 is 1. The Morgan fingerprint density at radius 1 is 1.36 bits per heavy atom. The molecule has 1 atom stereocenters. The average molecular weight is 363 g/mol. The normalized spacial score (nSPS) is 17.0. The van der Waals surface area contributed by atoms with Gasteiger partial charge in [-0.25, -0.2) is 0 Å². The Hall–Kier alpha value is -2.28. The van der Waals surface area contributed by atoms with E-state index in [-0.39, 0.29) is 11.9 Å². The molecule has 3 N–H and O–H groups in total. The van der Waals surface area contributed by atoms with E-state index >= 15 is 0 Å². The second-order valence-corrected chi connectivity index (χ2v) is 6.67. The highest BCUT2D eigenvalue weighted by atomic mass is 32.1. The predicted octanol–water partition coefficient (Wildman–Crippen LogP) is 2.27. The number of benzene rings is 1. The highest BCUT2D eigenvalue weighted by Crippen LogP contribution is 2.34. The molecule has 1 amide bonds. The lowest BCUT2D eigenvalue weighted by Gasteiger charge is -2.30. The van der Waals surface area contributed by atoms with Crippen LogP contribution in [0.3, 0.4) is 0 Å². The Kier molecular flexibility index (Phi) is 6.25. The first-order valence-electron chi connectivity index (χ1n) is 8.18. The molecule has 136 valence electrons. The molecular formula is C18H25N3O3S. The SMILES string of the molecule is CNC(=O)C1=C(C)NC(=S)NC1c1ccc(OCC(C)C)c(OC)c1. The van der Waals surface area contributed by atoms with Crippen molar-refractivity contribution in [2.24, 2.45) is 5.92 Å². The molecule has 0 saturated heterocycles. The number of rotatable bonds is 6. The van der Waals surface area contributed by atoms with E-state index < -0.39 is 0 Å². The molecule has 1 aliphatic heterocycles. The van der Waals surface area contributed by atoms with Gasteiger partial charge in [0.05, 0.1) is 25.3 Å². The lowest BCUT2D eigenvalue weighted by molar-refractivity contribution is -0.117. The zero-order valence-electron chi connectivity index (χ0n) is 15.2. The lowest BCUT2D eigenvalue weighted by Crippen LogP contribution is -2.46. The highest BCUT2D eigenvalue weighted by Gasteiger charge is 2.29. The molecule has 0 radical (unpaired) electrons. The van der Waals surface area contributed by atoms with E-state index in [0.29, 0.717) is 34.7 Å². The van der Waals surface area contributed by atoms with Gasteiger partial charge in [0.2, 0.25) is 0 Å². The van der Waals surface area contributed by atoms with Crippen molar-refractivity contribution in [3.63, 3.8) is 0 Å². The van der Waals surface area contributed by atoms with Gasteiger partial charge in [-0.15, -0.1) is 0 Å². The Labute approximate surface area is 154 Å². The van der Waals surface area contributed by atoms with Crippen LogP contribution in [0.5, 0.6) is 11.5 Å².